The highest BCUT2D eigenvalue weighted by molar-refractivity contribution is 7.87. The molecule has 3 aliphatic heterocycles. The molecule has 1 N–H and O–H groups in total. The Balaban J connectivity index is 1.62. The Morgan fingerprint density at radius 2 is 2.07 bits per heavy atom. The predicted octanol–water partition coefficient (Wildman–Crippen LogP) is 2.32. The van der Waals surface area contributed by atoms with Gasteiger partial charge in [-0.2, -0.15) is 17.4 Å². The number of hydrogen-bond acceptors (Lipinski definition) is 4. The van der Waals surface area contributed by atoms with Crippen LogP contribution in [0.15, 0.2) is 18.2 Å². The highest BCUT2D eigenvalue weighted by Gasteiger charge is 2.46. The van der Waals surface area contributed by atoms with Gasteiger partial charge in [0.2, 0.25) is 0 Å². The van der Waals surface area contributed by atoms with Gasteiger partial charge in [0.15, 0.2) is 0 Å². The van der Waals surface area contributed by atoms with E-state index in [1.165, 1.54) is 11.1 Å². The number of nitrogens with one attached hydrogen (secondary N) is 1. The van der Waals surface area contributed by atoms with Crippen molar-refractivity contribution in [2.75, 3.05) is 26.7 Å². The second-order valence-corrected chi connectivity index (χ2v) is 10.1. The van der Waals surface area contributed by atoms with Crippen LogP contribution in [0.2, 0.25) is 0 Å². The van der Waals surface area contributed by atoms with Crippen molar-refractivity contribution in [3.05, 3.63) is 29.3 Å². The van der Waals surface area contributed by atoms with Gasteiger partial charge in [0.1, 0.15) is 5.75 Å². The summed E-state index contributed by atoms with van der Waals surface area (Å²) in [5.41, 5.74) is 2.69. The van der Waals surface area contributed by atoms with Crippen LogP contribution in [0.4, 0.5) is 0 Å². The van der Waals surface area contributed by atoms with Gasteiger partial charge in [0.05, 0.1) is 7.11 Å². The van der Waals surface area contributed by atoms with Gasteiger partial charge in [-0.05, 0) is 68.7 Å². The first-order valence-corrected chi connectivity index (χ1v) is 11.5. The molecule has 3 heterocycles. The highest BCUT2D eigenvalue weighted by atomic mass is 32.2. The SMILES string of the molecule is COc1ccc2c(c1)CCN1C[C@H]3CCCN(S(=O)(=O)NC(C)C)[C@H]3C[C@@H]21. The first kappa shape index (κ1) is 19.2. The molecule has 4 rings (SSSR count). The lowest BCUT2D eigenvalue weighted by molar-refractivity contribution is 0.0214. The van der Waals surface area contributed by atoms with E-state index in [2.05, 4.69) is 21.8 Å². The van der Waals surface area contributed by atoms with E-state index >= 15 is 0 Å². The lowest BCUT2D eigenvalue weighted by Crippen LogP contribution is -2.59. The number of fused-ring (bicyclic) bond motifs is 4. The average Bonchev–Trinajstić information content (AvgIpc) is 2.64. The average molecular weight is 394 g/mol. The summed E-state index contributed by atoms with van der Waals surface area (Å²) in [6.45, 7) is 6.43. The molecule has 0 bridgehead atoms. The third-order valence-electron chi connectivity index (χ3n) is 6.31. The zero-order valence-electron chi connectivity index (χ0n) is 16.5. The van der Waals surface area contributed by atoms with E-state index in [4.69, 9.17) is 4.74 Å². The molecule has 7 heteroatoms. The largest absolute Gasteiger partial charge is 0.497 e. The van der Waals surface area contributed by atoms with Crippen LogP contribution in [0.3, 0.4) is 0 Å². The molecule has 2 saturated heterocycles. The smallest absolute Gasteiger partial charge is 0.279 e. The van der Waals surface area contributed by atoms with Gasteiger partial charge in [-0.3, -0.25) is 4.90 Å². The fraction of sp³-hybridized carbons (Fsp3) is 0.700. The fourth-order valence-corrected chi connectivity index (χ4v) is 6.90. The summed E-state index contributed by atoms with van der Waals surface area (Å²) in [7, 11) is -1.73. The van der Waals surface area contributed by atoms with Crippen molar-refractivity contribution in [2.45, 2.75) is 57.7 Å². The van der Waals surface area contributed by atoms with Crippen molar-refractivity contribution in [2.24, 2.45) is 5.92 Å². The summed E-state index contributed by atoms with van der Waals surface area (Å²) in [5, 5.41) is 0. The molecule has 0 amide bonds. The zero-order valence-corrected chi connectivity index (χ0v) is 17.3. The molecule has 0 aliphatic carbocycles. The van der Waals surface area contributed by atoms with Crippen molar-refractivity contribution in [3.8, 4) is 5.75 Å². The summed E-state index contributed by atoms with van der Waals surface area (Å²) in [6.07, 6.45) is 3.99. The number of methoxy groups -OCH3 is 1. The molecule has 3 aliphatic rings. The van der Waals surface area contributed by atoms with E-state index in [0.717, 1.165) is 44.5 Å². The molecule has 0 unspecified atom stereocenters. The Morgan fingerprint density at radius 3 is 2.81 bits per heavy atom. The summed E-state index contributed by atoms with van der Waals surface area (Å²) in [5.74, 6) is 1.33. The summed E-state index contributed by atoms with van der Waals surface area (Å²) in [4.78, 5) is 2.57. The Kier molecular flexibility index (Phi) is 5.22. The topological polar surface area (TPSA) is 61.9 Å². The summed E-state index contributed by atoms with van der Waals surface area (Å²) >= 11 is 0. The van der Waals surface area contributed by atoms with Gasteiger partial charge in [-0.1, -0.05) is 6.07 Å². The minimum Gasteiger partial charge on any atom is -0.497 e. The van der Waals surface area contributed by atoms with E-state index in [1.54, 1.807) is 11.4 Å². The monoisotopic (exact) mass is 393 g/mol. The molecule has 0 saturated carbocycles. The maximum Gasteiger partial charge on any atom is 0.279 e. The quantitative estimate of drug-likeness (QED) is 0.853. The van der Waals surface area contributed by atoms with E-state index < -0.39 is 10.2 Å². The second kappa shape index (κ2) is 7.35. The van der Waals surface area contributed by atoms with Crippen molar-refractivity contribution in [3.63, 3.8) is 0 Å². The zero-order chi connectivity index (χ0) is 19.2. The minimum absolute atomic E-state index is 0.0849. The minimum atomic E-state index is -3.43. The van der Waals surface area contributed by atoms with Gasteiger partial charge in [-0.15, -0.1) is 0 Å². The van der Waals surface area contributed by atoms with Gasteiger partial charge in [0, 0.05) is 37.8 Å². The van der Waals surface area contributed by atoms with Gasteiger partial charge in [0.25, 0.3) is 10.2 Å². The standard InChI is InChI=1S/C20H31N3O3S/c1-14(2)21-27(24,25)23-9-4-5-16-13-22-10-8-15-11-17(26-3)6-7-18(15)20(22)12-19(16)23/h6-7,11,14,16,19-21H,4-5,8-10,12-13H2,1-3H3/t16-,19+,20+/m1/s1. The number of rotatable bonds is 4. The number of ether oxygens (including phenoxy) is 1. The summed E-state index contributed by atoms with van der Waals surface area (Å²) < 4.78 is 35.8. The molecule has 0 spiro atoms. The second-order valence-electron chi connectivity index (χ2n) is 8.42. The lowest BCUT2D eigenvalue weighted by atomic mass is 9.77. The summed E-state index contributed by atoms with van der Waals surface area (Å²) in [6, 6.07) is 6.66. The van der Waals surface area contributed by atoms with Crippen LogP contribution in [0, 0.1) is 5.92 Å². The van der Waals surface area contributed by atoms with Gasteiger partial charge >= 0.3 is 0 Å². The van der Waals surface area contributed by atoms with E-state index in [1.807, 2.05) is 19.9 Å². The van der Waals surface area contributed by atoms with Crippen LogP contribution in [0.1, 0.15) is 50.3 Å². The fourth-order valence-electron chi connectivity index (χ4n) is 5.18. The van der Waals surface area contributed by atoms with Crippen LogP contribution in [0.25, 0.3) is 0 Å². The Bertz CT molecular complexity index is 796. The molecule has 1 aromatic carbocycles. The molecular formula is C20H31N3O3S. The van der Waals surface area contributed by atoms with E-state index in [9.17, 15) is 8.42 Å². The highest BCUT2D eigenvalue weighted by Crippen LogP contribution is 2.44. The molecule has 6 nitrogen and oxygen atoms in total. The lowest BCUT2D eigenvalue weighted by Gasteiger charge is -2.51. The molecule has 3 atom stereocenters. The molecular weight excluding hydrogens is 362 g/mol. The van der Waals surface area contributed by atoms with Gasteiger partial charge < -0.3 is 4.74 Å². The van der Waals surface area contributed by atoms with Crippen molar-refractivity contribution in [1.82, 2.24) is 13.9 Å². The molecule has 2 fully saturated rings. The molecule has 0 radical (unpaired) electrons. The molecule has 0 aromatic heterocycles. The number of hydrogen-bond donors (Lipinski definition) is 1. The molecule has 150 valence electrons. The molecule has 1 aromatic rings. The number of piperidine rings is 2. The normalized spacial score (nSPS) is 29.1. The van der Waals surface area contributed by atoms with E-state index in [0.29, 0.717) is 18.5 Å². The maximum atomic E-state index is 12.9. The predicted molar refractivity (Wildman–Crippen MR) is 106 cm³/mol. The van der Waals surface area contributed by atoms with Crippen LogP contribution in [-0.2, 0) is 16.6 Å². The number of benzene rings is 1. The van der Waals surface area contributed by atoms with Crippen LogP contribution in [-0.4, -0.2) is 56.5 Å². The third kappa shape index (κ3) is 3.62. The van der Waals surface area contributed by atoms with Crippen LogP contribution < -0.4 is 9.46 Å². The Morgan fingerprint density at radius 1 is 1.26 bits per heavy atom. The number of nitrogens with zero attached hydrogens (tertiary/aromatic N) is 2. The Hall–Kier alpha value is -1.15. The van der Waals surface area contributed by atoms with Crippen LogP contribution in [0.5, 0.6) is 5.75 Å². The Labute approximate surface area is 163 Å². The first-order valence-electron chi connectivity index (χ1n) is 10.1. The maximum absolute atomic E-state index is 12.9. The van der Waals surface area contributed by atoms with E-state index in [-0.39, 0.29) is 12.1 Å². The van der Waals surface area contributed by atoms with Crippen molar-refractivity contribution >= 4 is 10.2 Å². The molecule has 27 heavy (non-hydrogen) atoms. The van der Waals surface area contributed by atoms with Crippen molar-refractivity contribution in [1.29, 1.82) is 0 Å². The third-order valence-corrected chi connectivity index (χ3v) is 8.15. The first-order chi connectivity index (χ1) is 12.9. The van der Waals surface area contributed by atoms with Crippen LogP contribution >= 0.6 is 0 Å². The van der Waals surface area contributed by atoms with Gasteiger partial charge in [-0.25, -0.2) is 0 Å². The van der Waals surface area contributed by atoms with Crippen molar-refractivity contribution < 1.29 is 13.2 Å².